The number of phenolic OH excluding ortho intramolecular Hbond substituents is 1. The Balaban J connectivity index is 1.63. The lowest BCUT2D eigenvalue weighted by Gasteiger charge is -2.38. The lowest BCUT2D eigenvalue weighted by Crippen LogP contribution is -2.33. The van der Waals surface area contributed by atoms with Crippen molar-refractivity contribution in [3.05, 3.63) is 76.0 Å². The first kappa shape index (κ1) is 16.2. The van der Waals surface area contributed by atoms with E-state index in [0.717, 1.165) is 28.3 Å². The molecule has 0 amide bonds. The molecule has 2 aliphatic heterocycles. The van der Waals surface area contributed by atoms with Crippen LogP contribution in [-0.2, 0) is 0 Å². The molecule has 0 radical (unpaired) electrons. The number of aromatic hydroxyl groups is 1. The van der Waals surface area contributed by atoms with E-state index >= 15 is 0 Å². The third-order valence-electron chi connectivity index (χ3n) is 5.01. The van der Waals surface area contributed by atoms with E-state index in [0.29, 0.717) is 11.3 Å². The molecule has 6 heteroatoms. The number of rotatable bonds is 3. The molecule has 0 saturated carbocycles. The van der Waals surface area contributed by atoms with E-state index in [9.17, 15) is 5.11 Å². The number of ether oxygens (including phenoxy) is 2. The van der Waals surface area contributed by atoms with Gasteiger partial charge >= 0.3 is 0 Å². The summed E-state index contributed by atoms with van der Waals surface area (Å²) in [6.45, 7) is 0. The van der Waals surface area contributed by atoms with Gasteiger partial charge in [0.2, 0.25) is 6.23 Å². The zero-order valence-electron chi connectivity index (χ0n) is 14.7. The van der Waals surface area contributed by atoms with Crippen LogP contribution in [0.5, 0.6) is 17.2 Å². The van der Waals surface area contributed by atoms with Crippen molar-refractivity contribution < 1.29 is 14.6 Å². The molecule has 2 atom stereocenters. The number of para-hydroxylation sites is 1. The Morgan fingerprint density at radius 2 is 2.04 bits per heavy atom. The Hall–Kier alpha value is -2.99. The summed E-state index contributed by atoms with van der Waals surface area (Å²) in [5, 5.41) is 19.4. The van der Waals surface area contributed by atoms with E-state index in [-0.39, 0.29) is 11.8 Å². The van der Waals surface area contributed by atoms with Crippen molar-refractivity contribution in [3.63, 3.8) is 0 Å². The predicted molar refractivity (Wildman–Crippen MR) is 105 cm³/mol. The summed E-state index contributed by atoms with van der Waals surface area (Å²) in [5.74, 6) is 1.66. The van der Waals surface area contributed by atoms with Gasteiger partial charge in [-0.3, -0.25) is 0 Å². The number of methoxy groups -OCH3 is 1. The van der Waals surface area contributed by atoms with E-state index in [2.05, 4.69) is 17.5 Å². The molecule has 2 aliphatic rings. The second kappa shape index (κ2) is 6.32. The van der Waals surface area contributed by atoms with E-state index < -0.39 is 6.23 Å². The summed E-state index contributed by atoms with van der Waals surface area (Å²) < 4.78 is 11.6. The second-order valence-electron chi connectivity index (χ2n) is 6.56. The van der Waals surface area contributed by atoms with Gasteiger partial charge in [0.25, 0.3) is 0 Å². The number of fused-ring (bicyclic) bond motifs is 3. The topological polar surface area (TPSA) is 54.3 Å². The van der Waals surface area contributed by atoms with Crippen molar-refractivity contribution >= 4 is 17.0 Å². The van der Waals surface area contributed by atoms with Crippen LogP contribution in [0, 0.1) is 0 Å². The second-order valence-corrected chi connectivity index (χ2v) is 7.50. The molecule has 1 aromatic heterocycles. The lowest BCUT2D eigenvalue weighted by molar-refractivity contribution is -0.0204. The Bertz CT molecular complexity index is 1020. The van der Waals surface area contributed by atoms with Crippen molar-refractivity contribution in [3.8, 4) is 17.2 Å². The Kier molecular flexibility index (Phi) is 3.79. The number of hydrogen-bond acceptors (Lipinski definition) is 6. The number of phenols is 1. The number of nitrogens with zero attached hydrogens (tertiary/aromatic N) is 2. The molecule has 0 aliphatic carbocycles. The highest BCUT2D eigenvalue weighted by molar-refractivity contribution is 7.12. The summed E-state index contributed by atoms with van der Waals surface area (Å²) in [7, 11) is 1.61. The van der Waals surface area contributed by atoms with Crippen molar-refractivity contribution in [2.45, 2.75) is 18.7 Å². The number of hydrazone groups is 1. The highest BCUT2D eigenvalue weighted by atomic mass is 32.1. The van der Waals surface area contributed by atoms with Gasteiger partial charge in [-0.1, -0.05) is 24.3 Å². The third kappa shape index (κ3) is 2.64. The fourth-order valence-electron chi connectivity index (χ4n) is 3.69. The van der Waals surface area contributed by atoms with Crippen molar-refractivity contribution in [2.75, 3.05) is 7.11 Å². The van der Waals surface area contributed by atoms with Gasteiger partial charge < -0.3 is 14.6 Å². The van der Waals surface area contributed by atoms with Gasteiger partial charge in [-0.2, -0.15) is 5.10 Å². The van der Waals surface area contributed by atoms with Crippen LogP contribution in [-0.4, -0.2) is 22.9 Å². The Morgan fingerprint density at radius 1 is 1.15 bits per heavy atom. The Labute approximate surface area is 161 Å². The number of thiophene rings is 1. The molecular weight excluding hydrogens is 360 g/mol. The summed E-state index contributed by atoms with van der Waals surface area (Å²) in [5.41, 5.74) is 2.80. The average Bonchev–Trinajstić information content (AvgIpc) is 3.37. The van der Waals surface area contributed by atoms with Gasteiger partial charge in [-0.05, 0) is 35.7 Å². The lowest BCUT2D eigenvalue weighted by atomic mass is 9.97. The maximum absolute atomic E-state index is 10.5. The molecule has 0 bridgehead atoms. The van der Waals surface area contributed by atoms with E-state index in [4.69, 9.17) is 14.6 Å². The van der Waals surface area contributed by atoms with Crippen LogP contribution in [0.25, 0.3) is 0 Å². The molecular formula is C21H18N2O3S. The summed E-state index contributed by atoms with van der Waals surface area (Å²) in [4.78, 5) is 1.16. The maximum atomic E-state index is 10.5. The van der Waals surface area contributed by atoms with Crippen LogP contribution in [0.4, 0.5) is 0 Å². The normalized spacial score (nSPS) is 20.5. The minimum atomic E-state index is -0.516. The standard InChI is InChI=1S/C21H18N2O3S/c1-25-13-8-9-18(24)15(11-13)21-23-17(14-5-2-3-6-19(14)26-21)12-16(22-23)20-7-4-10-27-20/h2-11,17,21,24H,12H2,1H3/t17-,21-/m0/s1. The highest BCUT2D eigenvalue weighted by Crippen LogP contribution is 2.49. The van der Waals surface area contributed by atoms with Gasteiger partial charge in [0.05, 0.1) is 29.3 Å². The summed E-state index contributed by atoms with van der Waals surface area (Å²) >= 11 is 1.69. The van der Waals surface area contributed by atoms with Gasteiger partial charge in [-0.25, -0.2) is 5.01 Å². The smallest absolute Gasteiger partial charge is 0.217 e. The molecule has 3 heterocycles. The molecule has 0 spiro atoms. The minimum absolute atomic E-state index is 0.0719. The molecule has 0 fully saturated rings. The molecule has 1 N–H and O–H groups in total. The van der Waals surface area contributed by atoms with Crippen LogP contribution in [0.1, 0.15) is 34.7 Å². The molecule has 0 unspecified atom stereocenters. The van der Waals surface area contributed by atoms with E-state index in [1.54, 1.807) is 30.6 Å². The van der Waals surface area contributed by atoms with Gasteiger partial charge in [0, 0.05) is 12.0 Å². The minimum Gasteiger partial charge on any atom is -0.507 e. The zero-order chi connectivity index (χ0) is 18.4. The van der Waals surface area contributed by atoms with Crippen molar-refractivity contribution in [1.29, 1.82) is 0 Å². The molecule has 5 rings (SSSR count). The molecule has 2 aromatic carbocycles. The van der Waals surface area contributed by atoms with Crippen LogP contribution in [0.2, 0.25) is 0 Å². The van der Waals surface area contributed by atoms with Crippen LogP contribution in [0.3, 0.4) is 0 Å². The molecule has 136 valence electrons. The molecule has 0 saturated heterocycles. The third-order valence-corrected chi connectivity index (χ3v) is 5.92. The van der Waals surface area contributed by atoms with Crippen molar-refractivity contribution in [1.82, 2.24) is 5.01 Å². The van der Waals surface area contributed by atoms with Gasteiger partial charge in [0.15, 0.2) is 0 Å². The quantitative estimate of drug-likeness (QED) is 0.717. The van der Waals surface area contributed by atoms with Gasteiger partial charge in [-0.15, -0.1) is 11.3 Å². The van der Waals surface area contributed by atoms with Crippen LogP contribution >= 0.6 is 11.3 Å². The largest absolute Gasteiger partial charge is 0.507 e. The van der Waals surface area contributed by atoms with E-state index in [1.807, 2.05) is 35.3 Å². The predicted octanol–water partition coefficient (Wildman–Crippen LogP) is 4.70. The first-order valence-electron chi connectivity index (χ1n) is 8.77. The highest BCUT2D eigenvalue weighted by Gasteiger charge is 2.42. The first-order valence-corrected chi connectivity index (χ1v) is 9.65. The monoisotopic (exact) mass is 378 g/mol. The van der Waals surface area contributed by atoms with Crippen LogP contribution < -0.4 is 9.47 Å². The van der Waals surface area contributed by atoms with E-state index in [1.165, 1.54) is 0 Å². The fraction of sp³-hybridized carbons (Fsp3) is 0.190. The summed E-state index contributed by atoms with van der Waals surface area (Å²) in [6, 6.07) is 17.4. The molecule has 27 heavy (non-hydrogen) atoms. The van der Waals surface area contributed by atoms with Gasteiger partial charge in [0.1, 0.15) is 17.2 Å². The molecule has 5 nitrogen and oxygen atoms in total. The molecule has 3 aromatic rings. The maximum Gasteiger partial charge on any atom is 0.217 e. The SMILES string of the molecule is COc1ccc(O)c([C@@H]2Oc3ccccc3[C@@H]3CC(c4cccs4)=NN32)c1. The van der Waals surface area contributed by atoms with Crippen LogP contribution in [0.15, 0.2) is 65.1 Å². The number of benzene rings is 2. The number of hydrogen-bond donors (Lipinski definition) is 1. The average molecular weight is 378 g/mol. The first-order chi connectivity index (χ1) is 13.2. The fourth-order valence-corrected chi connectivity index (χ4v) is 4.41. The summed E-state index contributed by atoms with van der Waals surface area (Å²) in [6.07, 6.45) is 0.291. The zero-order valence-corrected chi connectivity index (χ0v) is 15.5. The Morgan fingerprint density at radius 3 is 2.85 bits per heavy atom. The van der Waals surface area contributed by atoms with Crippen molar-refractivity contribution in [2.24, 2.45) is 5.10 Å².